The fourth-order valence-electron chi connectivity index (χ4n) is 1.21. The van der Waals surface area contributed by atoms with Gasteiger partial charge in [-0.3, -0.25) is 10.1 Å². The number of hydrogen-bond donors (Lipinski definition) is 1. The Kier molecular flexibility index (Phi) is 4.16. The molecule has 0 aliphatic heterocycles. The predicted octanol–water partition coefficient (Wildman–Crippen LogP) is 4.21. The second-order valence-electron chi connectivity index (χ2n) is 5.96. The van der Waals surface area contributed by atoms with E-state index in [-0.39, 0.29) is 15.7 Å². The highest BCUT2D eigenvalue weighted by Gasteiger charge is 2.39. The SMILES string of the molecule is CC(C)(C)[Si](C)(C)Oc1cc([N+](=O)[O-])c(Cl)cc1N. The molecule has 0 aliphatic carbocycles. The molecule has 106 valence electrons. The molecule has 5 nitrogen and oxygen atoms in total. The normalized spacial score (nSPS) is 12.3. The van der Waals surface area contributed by atoms with Crippen LogP contribution >= 0.6 is 11.6 Å². The third kappa shape index (κ3) is 3.39. The average molecular weight is 303 g/mol. The Morgan fingerprint density at radius 2 is 1.89 bits per heavy atom. The molecule has 2 N–H and O–H groups in total. The van der Waals surface area contributed by atoms with E-state index in [1.807, 2.05) is 13.1 Å². The number of anilines is 1. The van der Waals surface area contributed by atoms with Crippen molar-refractivity contribution < 1.29 is 9.35 Å². The van der Waals surface area contributed by atoms with Crippen LogP contribution in [0.2, 0.25) is 23.2 Å². The van der Waals surface area contributed by atoms with Gasteiger partial charge in [0.1, 0.15) is 10.8 Å². The number of nitrogens with two attached hydrogens (primary N) is 1. The van der Waals surface area contributed by atoms with Gasteiger partial charge in [0.2, 0.25) is 0 Å². The van der Waals surface area contributed by atoms with Gasteiger partial charge in [0.15, 0.2) is 0 Å². The lowest BCUT2D eigenvalue weighted by atomic mass is 10.2. The maximum absolute atomic E-state index is 10.9. The lowest BCUT2D eigenvalue weighted by Gasteiger charge is -2.36. The van der Waals surface area contributed by atoms with Crippen LogP contribution < -0.4 is 10.2 Å². The molecule has 7 heteroatoms. The van der Waals surface area contributed by atoms with Gasteiger partial charge in [-0.1, -0.05) is 32.4 Å². The first-order valence-electron chi connectivity index (χ1n) is 5.88. The average Bonchev–Trinajstić information content (AvgIpc) is 2.19. The van der Waals surface area contributed by atoms with Crippen molar-refractivity contribution in [2.24, 2.45) is 0 Å². The number of rotatable bonds is 3. The first-order valence-corrected chi connectivity index (χ1v) is 9.17. The van der Waals surface area contributed by atoms with E-state index in [1.54, 1.807) is 0 Å². The fourth-order valence-corrected chi connectivity index (χ4v) is 2.49. The van der Waals surface area contributed by atoms with Crippen molar-refractivity contribution in [3.63, 3.8) is 0 Å². The summed E-state index contributed by atoms with van der Waals surface area (Å²) < 4.78 is 5.99. The highest BCUT2D eigenvalue weighted by atomic mass is 35.5. The largest absolute Gasteiger partial charge is 0.542 e. The number of halogens is 1. The third-order valence-electron chi connectivity index (χ3n) is 3.45. The molecule has 0 atom stereocenters. The van der Waals surface area contributed by atoms with Gasteiger partial charge in [0.25, 0.3) is 14.0 Å². The van der Waals surface area contributed by atoms with Crippen molar-refractivity contribution >= 4 is 31.3 Å². The minimum absolute atomic E-state index is 0.0186. The van der Waals surface area contributed by atoms with E-state index < -0.39 is 13.2 Å². The molecule has 0 heterocycles. The number of hydrogen-bond acceptors (Lipinski definition) is 4. The Morgan fingerprint density at radius 3 is 2.32 bits per heavy atom. The molecule has 0 amide bonds. The summed E-state index contributed by atoms with van der Waals surface area (Å²) in [4.78, 5) is 10.3. The zero-order chi connectivity index (χ0) is 15.0. The van der Waals surface area contributed by atoms with Gasteiger partial charge in [-0.05, 0) is 24.2 Å². The zero-order valence-corrected chi connectivity index (χ0v) is 13.5. The molecule has 0 unspecified atom stereocenters. The van der Waals surface area contributed by atoms with Crippen molar-refractivity contribution in [3.05, 3.63) is 27.3 Å². The van der Waals surface area contributed by atoms with Gasteiger partial charge in [0, 0.05) is 0 Å². The molecule has 0 spiro atoms. The lowest BCUT2D eigenvalue weighted by Crippen LogP contribution is -2.44. The maximum Gasteiger partial charge on any atom is 0.291 e. The summed E-state index contributed by atoms with van der Waals surface area (Å²) in [6.07, 6.45) is 0. The molecule has 19 heavy (non-hydrogen) atoms. The van der Waals surface area contributed by atoms with E-state index in [1.165, 1.54) is 12.1 Å². The van der Waals surface area contributed by atoms with Crippen LogP contribution in [0.5, 0.6) is 5.75 Å². The minimum Gasteiger partial charge on any atom is -0.542 e. The number of nitrogens with zero attached hydrogens (tertiary/aromatic N) is 1. The second kappa shape index (κ2) is 5.01. The van der Waals surface area contributed by atoms with Crippen LogP contribution in [0.1, 0.15) is 20.8 Å². The molecule has 0 saturated carbocycles. The molecule has 1 aromatic carbocycles. The topological polar surface area (TPSA) is 78.4 Å². The first-order chi connectivity index (χ1) is 8.45. The molecule has 1 rings (SSSR count). The summed E-state index contributed by atoms with van der Waals surface area (Å²) >= 11 is 5.79. The van der Waals surface area contributed by atoms with Crippen LogP contribution in [0.15, 0.2) is 12.1 Å². The predicted molar refractivity (Wildman–Crippen MR) is 80.3 cm³/mol. The summed E-state index contributed by atoms with van der Waals surface area (Å²) in [6.45, 7) is 10.3. The van der Waals surface area contributed by atoms with Crippen LogP contribution in [0.3, 0.4) is 0 Å². The molecule has 1 aromatic rings. The minimum atomic E-state index is -2.10. The number of nitro benzene ring substituents is 1. The van der Waals surface area contributed by atoms with Crippen LogP contribution in [-0.4, -0.2) is 13.2 Å². The van der Waals surface area contributed by atoms with Gasteiger partial charge < -0.3 is 10.2 Å². The Hall–Kier alpha value is -1.27. The third-order valence-corrected chi connectivity index (χ3v) is 8.09. The Bertz CT molecular complexity index is 512. The van der Waals surface area contributed by atoms with E-state index in [0.29, 0.717) is 11.4 Å². The van der Waals surface area contributed by atoms with Crippen LogP contribution in [-0.2, 0) is 0 Å². The van der Waals surface area contributed by atoms with Crippen LogP contribution in [0.4, 0.5) is 11.4 Å². The van der Waals surface area contributed by atoms with Gasteiger partial charge in [-0.25, -0.2) is 0 Å². The Morgan fingerprint density at radius 1 is 1.37 bits per heavy atom. The Labute approximate surface area is 119 Å². The molecular weight excluding hydrogens is 284 g/mol. The van der Waals surface area contributed by atoms with E-state index in [2.05, 4.69) is 20.8 Å². The van der Waals surface area contributed by atoms with Crippen LogP contribution in [0, 0.1) is 10.1 Å². The zero-order valence-electron chi connectivity index (χ0n) is 11.8. The van der Waals surface area contributed by atoms with Crippen LogP contribution in [0.25, 0.3) is 0 Å². The first kappa shape index (κ1) is 15.8. The monoisotopic (exact) mass is 302 g/mol. The molecule has 0 bridgehead atoms. The number of benzene rings is 1. The van der Waals surface area contributed by atoms with Gasteiger partial charge in [0.05, 0.1) is 16.7 Å². The summed E-state index contributed by atoms with van der Waals surface area (Å²) in [5, 5.41) is 10.9. The molecule has 0 saturated heterocycles. The summed E-state index contributed by atoms with van der Waals surface area (Å²) in [5.74, 6) is 0.336. The molecule has 0 aliphatic rings. The van der Waals surface area contributed by atoms with Crippen molar-refractivity contribution in [3.8, 4) is 5.75 Å². The summed E-state index contributed by atoms with van der Waals surface area (Å²) in [7, 11) is -2.10. The van der Waals surface area contributed by atoms with Gasteiger partial charge in [-0.2, -0.15) is 0 Å². The number of nitrogen functional groups attached to an aromatic ring is 1. The van der Waals surface area contributed by atoms with Crippen molar-refractivity contribution in [1.82, 2.24) is 0 Å². The summed E-state index contributed by atoms with van der Waals surface area (Å²) in [6, 6.07) is 2.67. The van der Waals surface area contributed by atoms with Crippen molar-refractivity contribution in [1.29, 1.82) is 0 Å². The Balaban J connectivity index is 3.22. The van der Waals surface area contributed by atoms with E-state index in [4.69, 9.17) is 21.8 Å². The smallest absolute Gasteiger partial charge is 0.291 e. The second-order valence-corrected chi connectivity index (χ2v) is 11.1. The molecule has 0 aromatic heterocycles. The molecule has 0 fully saturated rings. The maximum atomic E-state index is 10.9. The van der Waals surface area contributed by atoms with E-state index in [9.17, 15) is 10.1 Å². The fraction of sp³-hybridized carbons (Fsp3) is 0.500. The van der Waals surface area contributed by atoms with Crippen molar-refractivity contribution in [2.75, 3.05) is 5.73 Å². The van der Waals surface area contributed by atoms with E-state index in [0.717, 1.165) is 0 Å². The molecule has 0 radical (unpaired) electrons. The standard InChI is InChI=1S/C12H19ClN2O3Si/c1-12(2,3)19(4,5)18-11-7-10(15(16)17)8(13)6-9(11)14/h6-7H,14H2,1-5H3. The highest BCUT2D eigenvalue weighted by Crippen LogP contribution is 2.41. The van der Waals surface area contributed by atoms with Crippen molar-refractivity contribution in [2.45, 2.75) is 38.9 Å². The van der Waals surface area contributed by atoms with E-state index >= 15 is 0 Å². The molecular formula is C12H19ClN2O3Si. The highest BCUT2D eigenvalue weighted by molar-refractivity contribution is 6.74. The summed E-state index contributed by atoms with van der Waals surface area (Å²) in [5.41, 5.74) is 5.96. The van der Waals surface area contributed by atoms with Gasteiger partial charge >= 0.3 is 0 Å². The lowest BCUT2D eigenvalue weighted by molar-refractivity contribution is -0.384. The van der Waals surface area contributed by atoms with Gasteiger partial charge in [-0.15, -0.1) is 0 Å². The quantitative estimate of drug-likeness (QED) is 0.392. The number of nitro groups is 1.